The van der Waals surface area contributed by atoms with Crippen molar-refractivity contribution in [1.82, 2.24) is 5.32 Å². The normalized spacial score (nSPS) is 14.0. The van der Waals surface area contributed by atoms with Gasteiger partial charge in [0.2, 0.25) is 0 Å². The SMILES string of the molecule is Cc1ccc(C[C@H](NC(=O)OC(C)(C)C)[C@H](O)C(=O)O)cc1. The molecule has 22 heavy (non-hydrogen) atoms. The molecule has 0 aromatic heterocycles. The molecule has 0 bridgehead atoms. The highest BCUT2D eigenvalue weighted by molar-refractivity contribution is 5.75. The number of ether oxygens (including phenoxy) is 1. The average Bonchev–Trinajstić information content (AvgIpc) is 2.37. The molecule has 0 radical (unpaired) electrons. The van der Waals surface area contributed by atoms with Gasteiger partial charge in [-0.3, -0.25) is 0 Å². The van der Waals surface area contributed by atoms with E-state index < -0.39 is 29.8 Å². The molecule has 0 aliphatic carbocycles. The van der Waals surface area contributed by atoms with Crippen molar-refractivity contribution in [3.05, 3.63) is 35.4 Å². The Balaban J connectivity index is 2.82. The Kier molecular flexibility index (Phi) is 5.93. The van der Waals surface area contributed by atoms with Crippen LogP contribution >= 0.6 is 0 Å². The molecule has 1 aromatic rings. The molecule has 0 spiro atoms. The van der Waals surface area contributed by atoms with Crippen LogP contribution < -0.4 is 5.32 Å². The van der Waals surface area contributed by atoms with Crippen molar-refractivity contribution in [2.24, 2.45) is 0 Å². The lowest BCUT2D eigenvalue weighted by molar-refractivity contribution is -0.148. The van der Waals surface area contributed by atoms with E-state index in [-0.39, 0.29) is 6.42 Å². The summed E-state index contributed by atoms with van der Waals surface area (Å²) in [5.74, 6) is -1.40. The van der Waals surface area contributed by atoms with Crippen LogP contribution in [-0.2, 0) is 16.0 Å². The van der Waals surface area contributed by atoms with Crippen LogP contribution in [0.1, 0.15) is 31.9 Å². The minimum Gasteiger partial charge on any atom is -0.479 e. The number of hydrogen-bond acceptors (Lipinski definition) is 4. The lowest BCUT2D eigenvalue weighted by atomic mass is 10.0. The highest BCUT2D eigenvalue weighted by Gasteiger charge is 2.29. The Hall–Kier alpha value is -2.08. The second-order valence-corrected chi connectivity index (χ2v) is 6.23. The molecule has 1 aromatic carbocycles. The van der Waals surface area contributed by atoms with Crippen LogP contribution in [-0.4, -0.2) is 40.0 Å². The van der Waals surface area contributed by atoms with Crippen molar-refractivity contribution in [1.29, 1.82) is 0 Å². The van der Waals surface area contributed by atoms with E-state index in [0.29, 0.717) is 0 Å². The summed E-state index contributed by atoms with van der Waals surface area (Å²) in [6.07, 6.45) is -2.29. The first-order chi connectivity index (χ1) is 10.1. The second kappa shape index (κ2) is 7.26. The number of alkyl carbamates (subject to hydrolysis) is 1. The summed E-state index contributed by atoms with van der Waals surface area (Å²) in [6, 6.07) is 6.44. The summed E-state index contributed by atoms with van der Waals surface area (Å²) in [5, 5.41) is 21.2. The van der Waals surface area contributed by atoms with Gasteiger partial charge < -0.3 is 20.3 Å². The Morgan fingerprint density at radius 3 is 2.23 bits per heavy atom. The number of hydrogen-bond donors (Lipinski definition) is 3. The number of nitrogens with one attached hydrogen (secondary N) is 1. The van der Waals surface area contributed by atoms with Gasteiger partial charge in [0, 0.05) is 0 Å². The van der Waals surface area contributed by atoms with Crippen molar-refractivity contribution in [3.63, 3.8) is 0 Å². The molecule has 0 aliphatic rings. The van der Waals surface area contributed by atoms with Gasteiger partial charge in [-0.2, -0.15) is 0 Å². The predicted octanol–water partition coefficient (Wildman–Crippen LogP) is 1.88. The third-order valence-electron chi connectivity index (χ3n) is 2.91. The van der Waals surface area contributed by atoms with Crippen molar-refractivity contribution >= 4 is 12.1 Å². The molecule has 2 atom stereocenters. The molecule has 0 saturated heterocycles. The van der Waals surface area contributed by atoms with E-state index >= 15 is 0 Å². The summed E-state index contributed by atoms with van der Waals surface area (Å²) in [6.45, 7) is 7.05. The van der Waals surface area contributed by atoms with Gasteiger partial charge in [0.1, 0.15) is 5.60 Å². The molecule has 3 N–H and O–H groups in total. The van der Waals surface area contributed by atoms with E-state index in [1.165, 1.54) is 0 Å². The standard InChI is InChI=1S/C16H23NO5/c1-10-5-7-11(8-6-10)9-12(13(18)14(19)20)17-15(21)22-16(2,3)4/h5-8,12-13,18H,9H2,1-4H3,(H,17,21)(H,19,20)/t12-,13-/m0/s1. The van der Waals surface area contributed by atoms with Gasteiger partial charge in [-0.25, -0.2) is 9.59 Å². The predicted molar refractivity (Wildman–Crippen MR) is 81.7 cm³/mol. The number of carbonyl (C=O) groups excluding carboxylic acids is 1. The summed E-state index contributed by atoms with van der Waals surface area (Å²) < 4.78 is 5.10. The van der Waals surface area contributed by atoms with E-state index in [1.807, 2.05) is 31.2 Å². The first-order valence-electron chi connectivity index (χ1n) is 7.04. The van der Waals surface area contributed by atoms with E-state index in [9.17, 15) is 14.7 Å². The van der Waals surface area contributed by atoms with E-state index in [1.54, 1.807) is 20.8 Å². The Morgan fingerprint density at radius 1 is 1.23 bits per heavy atom. The molecule has 122 valence electrons. The first-order valence-corrected chi connectivity index (χ1v) is 7.04. The average molecular weight is 309 g/mol. The van der Waals surface area contributed by atoms with Crippen LogP contribution in [0.25, 0.3) is 0 Å². The number of aliphatic hydroxyl groups excluding tert-OH is 1. The van der Waals surface area contributed by atoms with Crippen molar-refractivity contribution < 1.29 is 24.5 Å². The minimum absolute atomic E-state index is 0.187. The largest absolute Gasteiger partial charge is 0.479 e. The number of rotatable bonds is 5. The zero-order valence-electron chi connectivity index (χ0n) is 13.3. The van der Waals surface area contributed by atoms with Crippen LogP contribution in [0.4, 0.5) is 4.79 Å². The number of benzene rings is 1. The van der Waals surface area contributed by atoms with Gasteiger partial charge >= 0.3 is 12.1 Å². The monoisotopic (exact) mass is 309 g/mol. The van der Waals surface area contributed by atoms with Gasteiger partial charge in [-0.05, 0) is 39.7 Å². The van der Waals surface area contributed by atoms with Crippen molar-refractivity contribution in [3.8, 4) is 0 Å². The second-order valence-electron chi connectivity index (χ2n) is 6.23. The quantitative estimate of drug-likeness (QED) is 0.772. The number of carbonyl (C=O) groups is 2. The first kappa shape index (κ1) is 18.0. The fraction of sp³-hybridized carbons (Fsp3) is 0.500. The molecule has 0 heterocycles. The molecular weight excluding hydrogens is 286 g/mol. The lowest BCUT2D eigenvalue weighted by Crippen LogP contribution is -2.49. The van der Waals surface area contributed by atoms with Crippen molar-refractivity contribution in [2.45, 2.75) is 51.9 Å². The number of aliphatic hydroxyl groups is 1. The number of amides is 1. The Morgan fingerprint density at radius 2 is 1.77 bits per heavy atom. The van der Waals surface area contributed by atoms with Crippen molar-refractivity contribution in [2.75, 3.05) is 0 Å². The number of carboxylic acid groups (broad SMARTS) is 1. The number of aryl methyl sites for hydroxylation is 1. The summed E-state index contributed by atoms with van der Waals surface area (Å²) in [7, 11) is 0. The minimum atomic E-state index is -1.71. The molecule has 0 saturated carbocycles. The van der Waals surface area contributed by atoms with Gasteiger partial charge in [0.05, 0.1) is 6.04 Å². The van der Waals surface area contributed by atoms with Crippen LogP contribution in [0, 0.1) is 6.92 Å². The number of carboxylic acids is 1. The summed E-state index contributed by atoms with van der Waals surface area (Å²) in [4.78, 5) is 22.8. The van der Waals surface area contributed by atoms with Gasteiger partial charge in [0.15, 0.2) is 6.10 Å². The maximum atomic E-state index is 11.8. The molecular formula is C16H23NO5. The molecule has 0 aliphatic heterocycles. The van der Waals surface area contributed by atoms with E-state index in [2.05, 4.69) is 5.32 Å². The molecule has 1 rings (SSSR count). The van der Waals surface area contributed by atoms with Gasteiger partial charge in [0.25, 0.3) is 0 Å². The Labute approximate surface area is 130 Å². The van der Waals surface area contributed by atoms with E-state index in [0.717, 1.165) is 11.1 Å². The van der Waals surface area contributed by atoms with E-state index in [4.69, 9.17) is 9.84 Å². The van der Waals surface area contributed by atoms with Crippen LogP contribution in [0.2, 0.25) is 0 Å². The molecule has 0 unspecified atom stereocenters. The van der Waals surface area contributed by atoms with Gasteiger partial charge in [-0.15, -0.1) is 0 Å². The highest BCUT2D eigenvalue weighted by Crippen LogP contribution is 2.11. The zero-order chi connectivity index (χ0) is 16.9. The summed E-state index contributed by atoms with van der Waals surface area (Å²) >= 11 is 0. The fourth-order valence-corrected chi connectivity index (χ4v) is 1.85. The molecule has 6 nitrogen and oxygen atoms in total. The van der Waals surface area contributed by atoms with Crippen LogP contribution in [0.5, 0.6) is 0 Å². The topological polar surface area (TPSA) is 95.9 Å². The molecule has 0 fully saturated rings. The fourth-order valence-electron chi connectivity index (χ4n) is 1.85. The maximum absolute atomic E-state index is 11.8. The highest BCUT2D eigenvalue weighted by atomic mass is 16.6. The maximum Gasteiger partial charge on any atom is 0.407 e. The molecule has 6 heteroatoms. The smallest absolute Gasteiger partial charge is 0.407 e. The summed E-state index contributed by atoms with van der Waals surface area (Å²) in [5.41, 5.74) is 1.18. The van der Waals surface area contributed by atoms with Crippen LogP contribution in [0.15, 0.2) is 24.3 Å². The molecule has 1 amide bonds. The Bertz CT molecular complexity index is 518. The third kappa shape index (κ3) is 6.13. The number of aliphatic carboxylic acids is 1. The van der Waals surface area contributed by atoms with Crippen LogP contribution in [0.3, 0.4) is 0 Å². The van der Waals surface area contributed by atoms with Gasteiger partial charge in [-0.1, -0.05) is 29.8 Å². The zero-order valence-corrected chi connectivity index (χ0v) is 13.3. The lowest BCUT2D eigenvalue weighted by Gasteiger charge is -2.25. The third-order valence-corrected chi connectivity index (χ3v) is 2.91.